The third-order valence-electron chi connectivity index (χ3n) is 1.46. The molecule has 13 heavy (non-hydrogen) atoms. The van der Waals surface area contributed by atoms with Crippen molar-refractivity contribution in [1.29, 1.82) is 0 Å². The van der Waals surface area contributed by atoms with Crippen molar-refractivity contribution in [2.24, 2.45) is 0 Å². The molecule has 0 amide bonds. The van der Waals surface area contributed by atoms with Gasteiger partial charge in [0.15, 0.2) is 0 Å². The molecule has 1 N–H and O–H groups in total. The molecule has 0 atom stereocenters. The Bertz CT molecular complexity index is 375. The lowest BCUT2D eigenvalue weighted by Gasteiger charge is -1.95. The van der Waals surface area contributed by atoms with Crippen molar-refractivity contribution < 1.29 is 14.8 Å². The summed E-state index contributed by atoms with van der Waals surface area (Å²) in [5.74, 6) is -1.69. The van der Waals surface area contributed by atoms with E-state index in [-0.39, 0.29) is 5.69 Å². The number of carboxylic acid groups (broad SMARTS) is 1. The second-order valence-electron chi connectivity index (χ2n) is 2.40. The molecule has 0 saturated carbocycles. The van der Waals surface area contributed by atoms with Gasteiger partial charge in [0.2, 0.25) is 0 Å². The van der Waals surface area contributed by atoms with Crippen molar-refractivity contribution in [3.63, 3.8) is 0 Å². The standard InChI is InChI=1S/C7H6N2O4/c1-4-2-3-5(7(10)11)8-6(4)9(12)13/h2-3H,1H3,(H,10,11). The Morgan fingerprint density at radius 2 is 2.23 bits per heavy atom. The van der Waals surface area contributed by atoms with Crippen LogP contribution in [0.3, 0.4) is 0 Å². The zero-order valence-corrected chi connectivity index (χ0v) is 6.72. The Balaban J connectivity index is 3.27. The van der Waals surface area contributed by atoms with E-state index in [1.54, 1.807) is 0 Å². The van der Waals surface area contributed by atoms with E-state index in [9.17, 15) is 14.9 Å². The topological polar surface area (TPSA) is 93.3 Å². The van der Waals surface area contributed by atoms with Crippen LogP contribution in [0, 0.1) is 17.0 Å². The molecule has 1 aromatic rings. The third-order valence-corrected chi connectivity index (χ3v) is 1.46. The number of hydrogen-bond donors (Lipinski definition) is 1. The van der Waals surface area contributed by atoms with Crippen LogP contribution in [0.2, 0.25) is 0 Å². The summed E-state index contributed by atoms with van der Waals surface area (Å²) in [7, 11) is 0. The summed E-state index contributed by atoms with van der Waals surface area (Å²) in [4.78, 5) is 23.4. The average molecular weight is 182 g/mol. The highest BCUT2D eigenvalue weighted by Gasteiger charge is 2.18. The zero-order chi connectivity index (χ0) is 10.0. The first kappa shape index (κ1) is 9.11. The summed E-state index contributed by atoms with van der Waals surface area (Å²) in [5, 5.41) is 18.8. The van der Waals surface area contributed by atoms with Gasteiger partial charge in [0.05, 0.1) is 0 Å². The largest absolute Gasteiger partial charge is 0.475 e. The molecule has 0 unspecified atom stereocenters. The lowest BCUT2D eigenvalue weighted by Crippen LogP contribution is -2.04. The molecule has 6 nitrogen and oxygen atoms in total. The molecule has 0 aliphatic rings. The smallest absolute Gasteiger partial charge is 0.380 e. The quantitative estimate of drug-likeness (QED) is 0.543. The number of aromatic carboxylic acids is 1. The van der Waals surface area contributed by atoms with Crippen LogP contribution >= 0.6 is 0 Å². The van der Waals surface area contributed by atoms with Gasteiger partial charge in [-0.3, -0.25) is 0 Å². The van der Waals surface area contributed by atoms with Crippen molar-refractivity contribution in [3.8, 4) is 0 Å². The first-order valence-electron chi connectivity index (χ1n) is 3.37. The number of rotatable bonds is 2. The van der Waals surface area contributed by atoms with Crippen molar-refractivity contribution in [2.45, 2.75) is 6.92 Å². The SMILES string of the molecule is Cc1ccc(C(=O)O)nc1[N+](=O)[O-]. The lowest BCUT2D eigenvalue weighted by atomic mass is 10.2. The van der Waals surface area contributed by atoms with Gasteiger partial charge >= 0.3 is 11.8 Å². The lowest BCUT2D eigenvalue weighted by molar-refractivity contribution is -0.390. The van der Waals surface area contributed by atoms with E-state index < -0.39 is 16.7 Å². The minimum Gasteiger partial charge on any atom is -0.475 e. The van der Waals surface area contributed by atoms with Gasteiger partial charge in [-0.25, -0.2) is 4.79 Å². The highest BCUT2D eigenvalue weighted by molar-refractivity contribution is 5.85. The van der Waals surface area contributed by atoms with Gasteiger partial charge in [0.25, 0.3) is 5.69 Å². The van der Waals surface area contributed by atoms with E-state index in [0.717, 1.165) is 0 Å². The highest BCUT2D eigenvalue weighted by Crippen LogP contribution is 2.14. The summed E-state index contributed by atoms with van der Waals surface area (Å²) in [5.41, 5.74) is 0.0206. The molecule has 1 rings (SSSR count). The average Bonchev–Trinajstić information content (AvgIpc) is 2.04. The van der Waals surface area contributed by atoms with E-state index in [2.05, 4.69) is 4.98 Å². The molecule has 0 saturated heterocycles. The molecule has 0 spiro atoms. The maximum atomic E-state index is 10.4. The van der Waals surface area contributed by atoms with Crippen LogP contribution in [0.15, 0.2) is 12.1 Å². The van der Waals surface area contributed by atoms with Crippen LogP contribution in [-0.4, -0.2) is 21.0 Å². The molecule has 0 bridgehead atoms. The Kier molecular flexibility index (Phi) is 2.23. The number of nitrogens with zero attached hydrogens (tertiary/aromatic N) is 2. The summed E-state index contributed by atoms with van der Waals surface area (Å²) in [6.45, 7) is 1.50. The fourth-order valence-electron chi connectivity index (χ4n) is 0.822. The minimum absolute atomic E-state index is 0.322. The van der Waals surface area contributed by atoms with Crippen molar-refractivity contribution in [1.82, 2.24) is 4.98 Å². The zero-order valence-electron chi connectivity index (χ0n) is 6.72. The third kappa shape index (κ3) is 1.78. The predicted molar refractivity (Wildman–Crippen MR) is 42.6 cm³/mol. The number of aryl methyl sites for hydroxylation is 1. The molecule has 1 heterocycles. The first-order chi connectivity index (χ1) is 6.02. The normalized spacial score (nSPS) is 9.62. The monoisotopic (exact) mass is 182 g/mol. The fraction of sp³-hybridized carbons (Fsp3) is 0.143. The van der Waals surface area contributed by atoms with E-state index >= 15 is 0 Å². The Hall–Kier alpha value is -1.98. The maximum absolute atomic E-state index is 10.4. The Labute approximate surface area is 73.0 Å². The van der Waals surface area contributed by atoms with Gasteiger partial charge in [0.1, 0.15) is 0 Å². The van der Waals surface area contributed by atoms with Gasteiger partial charge in [0, 0.05) is 5.56 Å². The molecule has 0 radical (unpaired) electrons. The van der Waals surface area contributed by atoms with Crippen LogP contribution in [0.25, 0.3) is 0 Å². The number of aromatic nitrogens is 1. The van der Waals surface area contributed by atoms with Crippen molar-refractivity contribution in [3.05, 3.63) is 33.5 Å². The second-order valence-corrected chi connectivity index (χ2v) is 2.40. The summed E-state index contributed by atoms with van der Waals surface area (Å²) < 4.78 is 0. The first-order valence-corrected chi connectivity index (χ1v) is 3.37. The van der Waals surface area contributed by atoms with Gasteiger partial charge in [-0.2, -0.15) is 0 Å². The summed E-state index contributed by atoms with van der Waals surface area (Å²) in [6.07, 6.45) is 0. The molecule has 6 heteroatoms. The highest BCUT2D eigenvalue weighted by atomic mass is 16.6. The molecule has 1 aromatic heterocycles. The molecule has 0 aliphatic heterocycles. The number of pyridine rings is 1. The van der Waals surface area contributed by atoms with Crippen LogP contribution < -0.4 is 0 Å². The Morgan fingerprint density at radius 1 is 1.62 bits per heavy atom. The molecule has 0 aromatic carbocycles. The van der Waals surface area contributed by atoms with Crippen LogP contribution in [0.4, 0.5) is 5.82 Å². The van der Waals surface area contributed by atoms with Gasteiger partial charge < -0.3 is 15.2 Å². The summed E-state index contributed by atoms with van der Waals surface area (Å²) >= 11 is 0. The molecular formula is C7H6N2O4. The van der Waals surface area contributed by atoms with Crippen LogP contribution in [0.1, 0.15) is 16.1 Å². The second kappa shape index (κ2) is 3.18. The molecule has 0 fully saturated rings. The van der Waals surface area contributed by atoms with E-state index in [4.69, 9.17) is 5.11 Å². The fourth-order valence-corrected chi connectivity index (χ4v) is 0.822. The van der Waals surface area contributed by atoms with E-state index in [1.165, 1.54) is 19.1 Å². The maximum Gasteiger partial charge on any atom is 0.380 e. The van der Waals surface area contributed by atoms with E-state index in [1.807, 2.05) is 0 Å². The van der Waals surface area contributed by atoms with Crippen molar-refractivity contribution >= 4 is 11.8 Å². The predicted octanol–water partition coefficient (Wildman–Crippen LogP) is 0.996. The Morgan fingerprint density at radius 3 is 2.69 bits per heavy atom. The number of carbonyl (C=O) groups is 1. The van der Waals surface area contributed by atoms with Gasteiger partial charge in [-0.1, -0.05) is 0 Å². The van der Waals surface area contributed by atoms with Crippen LogP contribution in [0.5, 0.6) is 0 Å². The molecular weight excluding hydrogens is 176 g/mol. The number of carboxylic acids is 1. The molecule has 0 aliphatic carbocycles. The number of nitro groups is 1. The summed E-state index contributed by atoms with van der Waals surface area (Å²) in [6, 6.07) is 2.58. The molecule has 68 valence electrons. The number of hydrogen-bond acceptors (Lipinski definition) is 4. The van der Waals surface area contributed by atoms with Crippen molar-refractivity contribution in [2.75, 3.05) is 0 Å². The van der Waals surface area contributed by atoms with Gasteiger partial charge in [-0.05, 0) is 29.0 Å². The van der Waals surface area contributed by atoms with Crippen LogP contribution in [-0.2, 0) is 0 Å². The van der Waals surface area contributed by atoms with Gasteiger partial charge in [-0.15, -0.1) is 0 Å². The van der Waals surface area contributed by atoms with E-state index in [0.29, 0.717) is 5.56 Å². The minimum atomic E-state index is -1.27.